The van der Waals surface area contributed by atoms with Gasteiger partial charge in [0.1, 0.15) is 11.7 Å². The van der Waals surface area contributed by atoms with E-state index in [1.807, 2.05) is 55.5 Å². The summed E-state index contributed by atoms with van der Waals surface area (Å²) in [5.74, 6) is 0.290. The van der Waals surface area contributed by atoms with Gasteiger partial charge < -0.3 is 4.74 Å². The molecule has 3 atom stereocenters. The third-order valence-electron chi connectivity index (χ3n) is 4.82. The first-order valence-corrected chi connectivity index (χ1v) is 7.89. The van der Waals surface area contributed by atoms with Crippen molar-refractivity contribution < 1.29 is 14.5 Å². The standard InChI is InChI=1S/C18H18N2O4/c1-12-7-9-13(10-8-12)17-18(20(21)22)15(11-19(2)24-18)14-5-3-4-6-16(14)23-17/h3-10,15,17H,11H2,1-2H3/t15-,17+,18+/m0/s1. The zero-order valence-corrected chi connectivity index (χ0v) is 13.5. The van der Waals surface area contributed by atoms with Gasteiger partial charge in [-0.1, -0.05) is 48.0 Å². The van der Waals surface area contributed by atoms with Crippen LogP contribution in [0.2, 0.25) is 0 Å². The lowest BCUT2D eigenvalue weighted by Gasteiger charge is -2.37. The minimum absolute atomic E-state index is 0.332. The highest BCUT2D eigenvalue weighted by atomic mass is 16.8. The molecular formula is C18H18N2O4. The number of aryl methyl sites for hydroxylation is 1. The maximum absolute atomic E-state index is 12.1. The van der Waals surface area contributed by atoms with Crippen molar-refractivity contribution in [2.45, 2.75) is 24.7 Å². The van der Waals surface area contributed by atoms with E-state index in [0.29, 0.717) is 12.3 Å². The lowest BCUT2D eigenvalue weighted by molar-refractivity contribution is -0.655. The highest BCUT2D eigenvalue weighted by Gasteiger charge is 2.68. The highest BCUT2D eigenvalue weighted by molar-refractivity contribution is 5.43. The van der Waals surface area contributed by atoms with Crippen molar-refractivity contribution in [3.05, 3.63) is 75.3 Å². The van der Waals surface area contributed by atoms with Crippen LogP contribution in [-0.4, -0.2) is 29.3 Å². The molecule has 0 aliphatic carbocycles. The second-order valence-electron chi connectivity index (χ2n) is 6.41. The van der Waals surface area contributed by atoms with Crippen LogP contribution in [0.15, 0.2) is 48.5 Å². The van der Waals surface area contributed by atoms with Gasteiger partial charge in [0.15, 0.2) is 0 Å². The summed E-state index contributed by atoms with van der Waals surface area (Å²) in [7, 11) is 1.72. The molecule has 0 bridgehead atoms. The summed E-state index contributed by atoms with van der Waals surface area (Å²) < 4.78 is 6.09. The number of hydrogen-bond donors (Lipinski definition) is 0. The number of fused-ring (bicyclic) bond motifs is 3. The van der Waals surface area contributed by atoms with E-state index in [4.69, 9.17) is 9.57 Å². The molecule has 2 aromatic carbocycles. The number of likely N-dealkylation sites (N-methyl/N-ethyl adjacent to an activating group) is 1. The lowest BCUT2D eigenvalue weighted by atomic mass is 9.80. The second-order valence-corrected chi connectivity index (χ2v) is 6.41. The summed E-state index contributed by atoms with van der Waals surface area (Å²) in [6.07, 6.45) is -0.807. The minimum Gasteiger partial charge on any atom is -0.475 e. The van der Waals surface area contributed by atoms with E-state index in [1.54, 1.807) is 12.1 Å². The molecule has 0 aromatic heterocycles. The van der Waals surface area contributed by atoms with Crippen molar-refractivity contribution in [1.29, 1.82) is 0 Å². The molecule has 6 nitrogen and oxygen atoms in total. The molecule has 0 unspecified atom stereocenters. The van der Waals surface area contributed by atoms with Crippen molar-refractivity contribution >= 4 is 0 Å². The summed E-state index contributed by atoms with van der Waals surface area (Å²) in [6.45, 7) is 2.43. The van der Waals surface area contributed by atoms with Gasteiger partial charge in [0, 0.05) is 24.7 Å². The number of nitrogens with zero attached hydrogens (tertiary/aromatic N) is 2. The summed E-state index contributed by atoms with van der Waals surface area (Å²) in [4.78, 5) is 17.6. The third-order valence-corrected chi connectivity index (χ3v) is 4.82. The zero-order chi connectivity index (χ0) is 16.9. The fourth-order valence-corrected chi connectivity index (χ4v) is 3.68. The molecule has 2 aliphatic rings. The number of nitro groups is 1. The Labute approximate surface area is 139 Å². The van der Waals surface area contributed by atoms with Gasteiger partial charge in [-0.05, 0) is 13.0 Å². The SMILES string of the molecule is Cc1ccc([C@H]2Oc3ccccc3[C@@H]3CN(C)O[C@@]23[N+](=O)[O-])cc1. The average molecular weight is 326 g/mol. The van der Waals surface area contributed by atoms with Crippen LogP contribution in [0.1, 0.15) is 28.7 Å². The van der Waals surface area contributed by atoms with E-state index in [1.165, 1.54) is 0 Å². The van der Waals surface area contributed by atoms with Crippen LogP contribution in [0, 0.1) is 17.0 Å². The van der Waals surface area contributed by atoms with Gasteiger partial charge in [-0.3, -0.25) is 10.1 Å². The fourth-order valence-electron chi connectivity index (χ4n) is 3.68. The second kappa shape index (κ2) is 5.29. The maximum atomic E-state index is 12.1. The van der Waals surface area contributed by atoms with Crippen LogP contribution in [0.25, 0.3) is 0 Å². The molecular weight excluding hydrogens is 308 g/mol. The first kappa shape index (κ1) is 15.1. The van der Waals surface area contributed by atoms with E-state index in [0.717, 1.165) is 16.7 Å². The van der Waals surface area contributed by atoms with E-state index >= 15 is 0 Å². The van der Waals surface area contributed by atoms with Crippen molar-refractivity contribution in [3.63, 3.8) is 0 Å². The van der Waals surface area contributed by atoms with Gasteiger partial charge >= 0.3 is 5.72 Å². The third kappa shape index (κ3) is 2.03. The number of hydroxylamine groups is 2. The van der Waals surface area contributed by atoms with E-state index in [2.05, 4.69) is 0 Å². The Kier molecular flexibility index (Phi) is 3.33. The van der Waals surface area contributed by atoms with Crippen molar-refractivity contribution in [3.8, 4) is 5.75 Å². The Balaban J connectivity index is 1.92. The van der Waals surface area contributed by atoms with Crippen LogP contribution in [-0.2, 0) is 4.84 Å². The molecule has 0 radical (unpaired) electrons. The van der Waals surface area contributed by atoms with Crippen molar-refractivity contribution in [2.24, 2.45) is 0 Å². The molecule has 2 aromatic rings. The van der Waals surface area contributed by atoms with Gasteiger partial charge in [0.2, 0.25) is 6.10 Å². The predicted octanol–water partition coefficient (Wildman–Crippen LogP) is 3.06. The Bertz CT molecular complexity index is 792. The van der Waals surface area contributed by atoms with E-state index < -0.39 is 17.7 Å². The Morgan fingerprint density at radius 1 is 1.21 bits per heavy atom. The summed E-state index contributed by atoms with van der Waals surface area (Å²) >= 11 is 0. The molecule has 6 heteroatoms. The molecule has 124 valence electrons. The largest absolute Gasteiger partial charge is 0.475 e. The molecule has 1 saturated heterocycles. The van der Waals surface area contributed by atoms with Crippen LogP contribution in [0.3, 0.4) is 0 Å². The van der Waals surface area contributed by atoms with Crippen LogP contribution in [0.5, 0.6) is 5.75 Å². The molecule has 0 saturated carbocycles. The summed E-state index contributed by atoms with van der Waals surface area (Å²) in [5.41, 5.74) is 0.999. The van der Waals surface area contributed by atoms with E-state index in [-0.39, 0.29) is 4.92 Å². The molecule has 24 heavy (non-hydrogen) atoms. The Morgan fingerprint density at radius 3 is 2.62 bits per heavy atom. The van der Waals surface area contributed by atoms with Gasteiger partial charge in [0.25, 0.3) is 0 Å². The minimum atomic E-state index is -1.65. The van der Waals surface area contributed by atoms with Gasteiger partial charge in [-0.2, -0.15) is 5.06 Å². The van der Waals surface area contributed by atoms with Gasteiger partial charge in [-0.15, -0.1) is 0 Å². The molecule has 0 amide bonds. The fraction of sp³-hybridized carbons (Fsp3) is 0.333. The Morgan fingerprint density at radius 2 is 1.92 bits per heavy atom. The van der Waals surface area contributed by atoms with Crippen LogP contribution in [0.4, 0.5) is 0 Å². The molecule has 1 fully saturated rings. The van der Waals surface area contributed by atoms with E-state index in [9.17, 15) is 10.1 Å². The van der Waals surface area contributed by atoms with Crippen LogP contribution >= 0.6 is 0 Å². The monoisotopic (exact) mass is 326 g/mol. The number of hydrogen-bond acceptors (Lipinski definition) is 5. The average Bonchev–Trinajstić information content (AvgIpc) is 2.93. The number of rotatable bonds is 2. The Hall–Kier alpha value is -2.44. The van der Waals surface area contributed by atoms with Crippen molar-refractivity contribution in [1.82, 2.24) is 5.06 Å². The normalized spacial score (nSPS) is 28.8. The molecule has 2 heterocycles. The van der Waals surface area contributed by atoms with Crippen LogP contribution < -0.4 is 4.74 Å². The summed E-state index contributed by atoms with van der Waals surface area (Å²) in [5, 5.41) is 13.7. The lowest BCUT2D eigenvalue weighted by Crippen LogP contribution is -2.53. The molecule has 4 rings (SSSR count). The first-order valence-electron chi connectivity index (χ1n) is 7.89. The summed E-state index contributed by atoms with van der Waals surface area (Å²) in [6, 6.07) is 15.1. The smallest absolute Gasteiger partial charge is 0.389 e. The molecule has 0 N–H and O–H groups in total. The highest BCUT2D eigenvalue weighted by Crippen LogP contribution is 2.54. The maximum Gasteiger partial charge on any atom is 0.389 e. The van der Waals surface area contributed by atoms with Gasteiger partial charge in [0.05, 0.1) is 4.92 Å². The number of para-hydroxylation sites is 1. The molecule has 2 aliphatic heterocycles. The predicted molar refractivity (Wildman–Crippen MR) is 87.2 cm³/mol. The van der Waals surface area contributed by atoms with Gasteiger partial charge in [-0.25, -0.2) is 4.84 Å². The zero-order valence-electron chi connectivity index (χ0n) is 13.5. The topological polar surface area (TPSA) is 64.8 Å². The first-order chi connectivity index (χ1) is 11.5. The number of benzene rings is 2. The number of ether oxygens (including phenoxy) is 1. The quantitative estimate of drug-likeness (QED) is 0.627. The van der Waals surface area contributed by atoms with Crippen molar-refractivity contribution in [2.75, 3.05) is 13.6 Å². The molecule has 0 spiro atoms.